The molecule has 1 aromatic rings. The highest BCUT2D eigenvalue weighted by Gasteiger charge is 2.43. The lowest BCUT2D eigenvalue weighted by Crippen LogP contribution is -2.48. The van der Waals surface area contributed by atoms with E-state index in [0.29, 0.717) is 6.61 Å². The fourth-order valence-corrected chi connectivity index (χ4v) is 2.02. The van der Waals surface area contributed by atoms with Gasteiger partial charge in [0.05, 0.1) is 0 Å². The Labute approximate surface area is 111 Å². The Bertz CT molecular complexity index is 384. The van der Waals surface area contributed by atoms with Crippen LogP contribution in [0.15, 0.2) is 41.4 Å². The molecule has 2 atom stereocenters. The Hall–Kier alpha value is -0.640. The third-order valence-electron chi connectivity index (χ3n) is 3.21. The van der Waals surface area contributed by atoms with Crippen LogP contribution in [-0.2, 0) is 10.3 Å². The maximum atomic E-state index is 10.7. The molecule has 0 bridgehead atoms. The number of hydrogen-bond acceptors (Lipinski definition) is 2. The van der Waals surface area contributed by atoms with Gasteiger partial charge in [-0.3, -0.25) is 0 Å². The van der Waals surface area contributed by atoms with Gasteiger partial charge in [0.25, 0.3) is 0 Å². The zero-order valence-electron chi connectivity index (χ0n) is 10.5. The second-order valence-corrected chi connectivity index (χ2v) is 5.24. The highest BCUT2D eigenvalue weighted by molar-refractivity contribution is 9.10. The van der Waals surface area contributed by atoms with Crippen LogP contribution in [0.25, 0.3) is 0 Å². The molecule has 0 aliphatic heterocycles. The summed E-state index contributed by atoms with van der Waals surface area (Å²) >= 11 is 3.38. The topological polar surface area (TPSA) is 29.5 Å². The van der Waals surface area contributed by atoms with Crippen molar-refractivity contribution in [2.24, 2.45) is 0 Å². The molecule has 94 valence electrons. The molecule has 0 unspecified atom stereocenters. The van der Waals surface area contributed by atoms with Crippen molar-refractivity contribution in [2.75, 3.05) is 6.61 Å². The maximum Gasteiger partial charge on any atom is 0.119 e. The normalized spacial score (nSPS) is 18.2. The number of hydrogen-bond donors (Lipinski definition) is 1. The lowest BCUT2D eigenvalue weighted by atomic mass is 9.80. The number of halogens is 1. The van der Waals surface area contributed by atoms with Gasteiger partial charge in [0.15, 0.2) is 0 Å². The molecule has 3 heteroatoms. The number of aliphatic hydroxyl groups is 1. The minimum absolute atomic E-state index is 0.523. The molecule has 0 spiro atoms. The Morgan fingerprint density at radius 2 is 1.88 bits per heavy atom. The molecular weight excluding hydrogens is 280 g/mol. The van der Waals surface area contributed by atoms with Crippen molar-refractivity contribution in [3.63, 3.8) is 0 Å². The molecule has 0 fully saturated rings. The van der Waals surface area contributed by atoms with Gasteiger partial charge in [0.2, 0.25) is 0 Å². The molecular formula is C14H19BrO2. The summed E-state index contributed by atoms with van der Waals surface area (Å²) in [6.45, 7) is 9.77. The van der Waals surface area contributed by atoms with Crippen LogP contribution in [0.4, 0.5) is 0 Å². The van der Waals surface area contributed by atoms with E-state index in [4.69, 9.17) is 4.74 Å². The minimum atomic E-state index is -1.12. The molecule has 0 aliphatic rings. The quantitative estimate of drug-likeness (QED) is 0.841. The average Bonchev–Trinajstić information content (AvgIpc) is 2.29. The van der Waals surface area contributed by atoms with E-state index in [1.807, 2.05) is 38.1 Å². The zero-order chi connectivity index (χ0) is 13.1. The van der Waals surface area contributed by atoms with Gasteiger partial charge in [-0.05, 0) is 38.5 Å². The van der Waals surface area contributed by atoms with Crippen molar-refractivity contribution in [1.82, 2.24) is 0 Å². The van der Waals surface area contributed by atoms with Crippen LogP contribution < -0.4 is 0 Å². The van der Waals surface area contributed by atoms with Crippen molar-refractivity contribution < 1.29 is 9.84 Å². The van der Waals surface area contributed by atoms with Crippen molar-refractivity contribution in [1.29, 1.82) is 0 Å². The van der Waals surface area contributed by atoms with E-state index in [1.54, 1.807) is 13.0 Å². The summed E-state index contributed by atoms with van der Waals surface area (Å²) < 4.78 is 6.63. The molecule has 0 amide bonds. The summed E-state index contributed by atoms with van der Waals surface area (Å²) in [4.78, 5) is 0. The lowest BCUT2D eigenvalue weighted by molar-refractivity contribution is -0.141. The van der Waals surface area contributed by atoms with Gasteiger partial charge in [0.1, 0.15) is 11.2 Å². The van der Waals surface area contributed by atoms with E-state index in [-0.39, 0.29) is 0 Å². The highest BCUT2D eigenvalue weighted by atomic mass is 79.9. The zero-order valence-corrected chi connectivity index (χ0v) is 12.1. The summed E-state index contributed by atoms with van der Waals surface area (Å²) in [6, 6.07) is 7.56. The Morgan fingerprint density at radius 3 is 2.29 bits per heavy atom. The first-order valence-electron chi connectivity index (χ1n) is 5.63. The van der Waals surface area contributed by atoms with Gasteiger partial charge in [-0.2, -0.15) is 0 Å². The first kappa shape index (κ1) is 14.4. The molecule has 0 aliphatic carbocycles. The van der Waals surface area contributed by atoms with Crippen LogP contribution in [0.1, 0.15) is 26.3 Å². The molecule has 0 heterocycles. The fourth-order valence-electron chi connectivity index (χ4n) is 1.76. The maximum absolute atomic E-state index is 10.7. The second kappa shape index (κ2) is 5.34. The highest BCUT2D eigenvalue weighted by Crippen LogP contribution is 2.36. The van der Waals surface area contributed by atoms with Crippen molar-refractivity contribution in [3.05, 3.63) is 47.0 Å². The van der Waals surface area contributed by atoms with Gasteiger partial charge < -0.3 is 9.84 Å². The van der Waals surface area contributed by atoms with Crippen LogP contribution in [0.5, 0.6) is 0 Å². The lowest BCUT2D eigenvalue weighted by Gasteiger charge is -2.40. The summed E-state index contributed by atoms with van der Waals surface area (Å²) in [6.07, 6.45) is 1.65. The number of ether oxygens (including phenoxy) is 1. The van der Waals surface area contributed by atoms with E-state index in [1.165, 1.54) is 0 Å². The standard InChI is InChI=1S/C14H19BrO2/c1-5-13(3,17-6-2)14(4,16)11-7-9-12(15)10-8-11/h5,7-10,16H,1,6H2,2-4H3/t13-,14+/m0/s1. The largest absolute Gasteiger partial charge is 0.382 e. The molecule has 2 nitrogen and oxygen atoms in total. The Kier molecular flexibility index (Phi) is 4.53. The average molecular weight is 299 g/mol. The molecule has 1 N–H and O–H groups in total. The molecule has 0 aromatic heterocycles. The summed E-state index contributed by atoms with van der Waals surface area (Å²) in [5.41, 5.74) is -1.13. The smallest absolute Gasteiger partial charge is 0.119 e. The van der Waals surface area contributed by atoms with Gasteiger partial charge >= 0.3 is 0 Å². The molecule has 1 rings (SSSR count). The first-order chi connectivity index (χ1) is 7.87. The molecule has 17 heavy (non-hydrogen) atoms. The second-order valence-electron chi connectivity index (χ2n) is 4.32. The van der Waals surface area contributed by atoms with Gasteiger partial charge in [0, 0.05) is 11.1 Å². The van der Waals surface area contributed by atoms with Gasteiger partial charge in [-0.1, -0.05) is 34.1 Å². The number of rotatable bonds is 5. The predicted molar refractivity (Wildman–Crippen MR) is 73.9 cm³/mol. The van der Waals surface area contributed by atoms with E-state index in [0.717, 1.165) is 10.0 Å². The third kappa shape index (κ3) is 2.79. The van der Waals surface area contributed by atoms with Gasteiger partial charge in [-0.15, -0.1) is 6.58 Å². The van der Waals surface area contributed by atoms with Crippen molar-refractivity contribution in [2.45, 2.75) is 32.0 Å². The Morgan fingerprint density at radius 1 is 1.35 bits per heavy atom. The molecule has 0 saturated carbocycles. The summed E-state index contributed by atoms with van der Waals surface area (Å²) in [5, 5.41) is 10.7. The summed E-state index contributed by atoms with van der Waals surface area (Å²) in [5.74, 6) is 0. The fraction of sp³-hybridized carbons (Fsp3) is 0.429. The number of benzene rings is 1. The monoisotopic (exact) mass is 298 g/mol. The van der Waals surface area contributed by atoms with E-state index in [2.05, 4.69) is 22.5 Å². The SMILES string of the molecule is C=C[C@](C)(OCC)[C@](C)(O)c1ccc(Br)cc1. The van der Waals surface area contributed by atoms with Crippen LogP contribution in [0, 0.1) is 0 Å². The minimum Gasteiger partial charge on any atom is -0.382 e. The first-order valence-corrected chi connectivity index (χ1v) is 6.42. The van der Waals surface area contributed by atoms with Crippen molar-refractivity contribution in [3.8, 4) is 0 Å². The van der Waals surface area contributed by atoms with Crippen LogP contribution in [0.2, 0.25) is 0 Å². The third-order valence-corrected chi connectivity index (χ3v) is 3.74. The van der Waals surface area contributed by atoms with Crippen LogP contribution >= 0.6 is 15.9 Å². The molecule has 0 saturated heterocycles. The summed E-state index contributed by atoms with van der Waals surface area (Å²) in [7, 11) is 0. The van der Waals surface area contributed by atoms with E-state index < -0.39 is 11.2 Å². The molecule has 0 radical (unpaired) electrons. The van der Waals surface area contributed by atoms with Crippen molar-refractivity contribution >= 4 is 15.9 Å². The Balaban J connectivity index is 3.15. The van der Waals surface area contributed by atoms with Crippen LogP contribution in [-0.4, -0.2) is 17.3 Å². The van der Waals surface area contributed by atoms with Gasteiger partial charge in [-0.25, -0.2) is 0 Å². The van der Waals surface area contributed by atoms with Crippen LogP contribution in [0.3, 0.4) is 0 Å². The van der Waals surface area contributed by atoms with E-state index in [9.17, 15) is 5.11 Å². The molecule has 1 aromatic carbocycles. The van der Waals surface area contributed by atoms with E-state index >= 15 is 0 Å². The predicted octanol–water partition coefficient (Wildman–Crippen LogP) is 3.64.